The van der Waals surface area contributed by atoms with Crippen LogP contribution >= 0.6 is 0 Å². The third-order valence-electron chi connectivity index (χ3n) is 6.08. The van der Waals surface area contributed by atoms with E-state index in [9.17, 15) is 4.79 Å². The lowest BCUT2D eigenvalue weighted by atomic mass is 9.97. The maximum atomic E-state index is 12.5. The summed E-state index contributed by atoms with van der Waals surface area (Å²) < 4.78 is 12.7. The van der Waals surface area contributed by atoms with Gasteiger partial charge in [-0.3, -0.25) is 0 Å². The Labute approximate surface area is 205 Å². The fourth-order valence-corrected chi connectivity index (χ4v) is 4.24. The molecule has 35 heavy (non-hydrogen) atoms. The Bertz CT molecular complexity index is 1140. The largest absolute Gasteiger partial charge is 0.479 e. The molecule has 0 aliphatic carbocycles. The highest BCUT2D eigenvalue weighted by molar-refractivity contribution is 5.68. The number of carbonyl (C=O) groups excluding carboxylic acids is 1. The van der Waals surface area contributed by atoms with Crippen LogP contribution in [0.25, 0.3) is 17.1 Å². The van der Waals surface area contributed by atoms with Crippen molar-refractivity contribution in [2.45, 2.75) is 58.2 Å². The third-order valence-corrected chi connectivity index (χ3v) is 6.08. The van der Waals surface area contributed by atoms with Crippen LogP contribution in [0.4, 0.5) is 10.6 Å². The molecule has 1 saturated heterocycles. The molecule has 1 fully saturated rings. The first-order valence-corrected chi connectivity index (χ1v) is 11.8. The molecule has 0 N–H and O–H groups in total. The van der Waals surface area contributed by atoms with Crippen molar-refractivity contribution in [3.63, 3.8) is 0 Å². The fraction of sp³-hybridized carbons (Fsp3) is 0.480. The Hall–Kier alpha value is -3.69. The number of likely N-dealkylation sites (tertiary alicyclic amines) is 1. The maximum Gasteiger partial charge on any atom is 0.410 e. The van der Waals surface area contributed by atoms with Gasteiger partial charge in [-0.1, -0.05) is 0 Å². The first-order valence-electron chi connectivity index (χ1n) is 11.8. The molecule has 2 atom stereocenters. The first kappa shape index (κ1) is 24.4. The lowest BCUT2D eigenvalue weighted by Gasteiger charge is -2.41. The molecule has 4 rings (SSSR count). The van der Waals surface area contributed by atoms with Crippen molar-refractivity contribution in [2.24, 2.45) is 0 Å². The van der Waals surface area contributed by atoms with E-state index in [1.54, 1.807) is 18.0 Å². The minimum atomic E-state index is -0.500. The van der Waals surface area contributed by atoms with Crippen LogP contribution in [0.1, 0.15) is 40.5 Å². The van der Waals surface area contributed by atoms with Crippen LogP contribution in [0.15, 0.2) is 42.7 Å². The van der Waals surface area contributed by atoms with Gasteiger partial charge in [-0.05, 0) is 70.9 Å². The van der Waals surface area contributed by atoms with Gasteiger partial charge in [0.15, 0.2) is 5.82 Å². The summed E-state index contributed by atoms with van der Waals surface area (Å²) in [5.74, 6) is 1.23. The van der Waals surface area contributed by atoms with Crippen LogP contribution in [0.2, 0.25) is 0 Å². The number of anilines is 1. The van der Waals surface area contributed by atoms with Gasteiger partial charge in [-0.25, -0.2) is 14.5 Å². The topological polar surface area (TPSA) is 98.5 Å². The van der Waals surface area contributed by atoms with Crippen LogP contribution in [-0.2, 0) is 4.74 Å². The van der Waals surface area contributed by atoms with E-state index in [0.29, 0.717) is 23.8 Å². The molecule has 10 nitrogen and oxygen atoms in total. The molecule has 3 aromatic heterocycles. The van der Waals surface area contributed by atoms with E-state index in [1.807, 2.05) is 69.2 Å². The van der Waals surface area contributed by atoms with Gasteiger partial charge in [-0.2, -0.15) is 5.10 Å². The van der Waals surface area contributed by atoms with Crippen LogP contribution in [0.3, 0.4) is 0 Å². The van der Waals surface area contributed by atoms with Gasteiger partial charge in [0.25, 0.3) is 0 Å². The van der Waals surface area contributed by atoms with Crippen molar-refractivity contribution in [1.29, 1.82) is 0 Å². The van der Waals surface area contributed by atoms with E-state index in [4.69, 9.17) is 9.47 Å². The lowest BCUT2D eigenvalue weighted by Crippen LogP contribution is -2.51. The zero-order chi connectivity index (χ0) is 25.2. The summed E-state index contributed by atoms with van der Waals surface area (Å²) in [6.07, 6.45) is 4.94. The minimum absolute atomic E-state index is 0.0725. The van der Waals surface area contributed by atoms with Gasteiger partial charge >= 0.3 is 6.09 Å². The molecule has 3 aromatic rings. The number of hydrogen-bond acceptors (Lipinski definition) is 8. The maximum absolute atomic E-state index is 12.5. The highest BCUT2D eigenvalue weighted by atomic mass is 16.6. The highest BCUT2D eigenvalue weighted by Crippen LogP contribution is 2.28. The van der Waals surface area contributed by atoms with E-state index < -0.39 is 5.60 Å². The molecule has 1 aliphatic rings. The molecule has 0 aromatic carbocycles. The van der Waals surface area contributed by atoms with Crippen molar-refractivity contribution in [2.75, 3.05) is 25.6 Å². The summed E-state index contributed by atoms with van der Waals surface area (Å²) in [6, 6.07) is 9.79. The van der Waals surface area contributed by atoms with Gasteiger partial charge in [0, 0.05) is 38.1 Å². The highest BCUT2D eigenvalue weighted by Gasteiger charge is 2.33. The van der Waals surface area contributed by atoms with Crippen molar-refractivity contribution < 1.29 is 14.3 Å². The second kappa shape index (κ2) is 9.89. The zero-order valence-electron chi connectivity index (χ0n) is 21.2. The van der Waals surface area contributed by atoms with E-state index in [0.717, 1.165) is 24.3 Å². The number of rotatable bonds is 5. The number of aromatic nitrogens is 5. The van der Waals surface area contributed by atoms with E-state index in [-0.39, 0.29) is 18.2 Å². The summed E-state index contributed by atoms with van der Waals surface area (Å²) in [5.41, 5.74) is 1.57. The molecular formula is C25H33N7O3. The molecule has 0 saturated carbocycles. The van der Waals surface area contributed by atoms with Gasteiger partial charge < -0.3 is 19.3 Å². The Morgan fingerprint density at radius 1 is 1.14 bits per heavy atom. The number of piperidine rings is 1. The predicted octanol–water partition coefficient (Wildman–Crippen LogP) is 3.96. The number of amides is 1. The molecular weight excluding hydrogens is 446 g/mol. The Kier molecular flexibility index (Phi) is 6.90. The molecule has 1 amide bonds. The molecule has 0 bridgehead atoms. The van der Waals surface area contributed by atoms with Crippen LogP contribution in [-0.4, -0.2) is 74.3 Å². The summed E-state index contributed by atoms with van der Waals surface area (Å²) >= 11 is 0. The molecule has 0 spiro atoms. The second-order valence-corrected chi connectivity index (χ2v) is 9.76. The van der Waals surface area contributed by atoms with Crippen molar-refractivity contribution in [1.82, 2.24) is 29.9 Å². The predicted molar refractivity (Wildman–Crippen MR) is 133 cm³/mol. The molecule has 186 valence electrons. The normalized spacial score (nSPS) is 18.3. The van der Waals surface area contributed by atoms with Gasteiger partial charge in [0.2, 0.25) is 5.88 Å². The number of carbonyl (C=O) groups is 1. The number of methoxy groups -OCH3 is 1. The summed E-state index contributed by atoms with van der Waals surface area (Å²) in [7, 11) is 3.60. The van der Waals surface area contributed by atoms with Gasteiger partial charge in [-0.15, -0.1) is 10.2 Å². The number of hydrogen-bond donors (Lipinski definition) is 0. The van der Waals surface area contributed by atoms with Crippen LogP contribution < -0.4 is 9.64 Å². The van der Waals surface area contributed by atoms with Gasteiger partial charge in [0.1, 0.15) is 17.0 Å². The molecule has 0 radical (unpaired) electrons. The standard InChI is InChI=1S/C25H33N7O3/c1-17-16-18(12-15-31(17)24(33)35-25(2,3)4)30(5)22-11-9-20(28-29-22)19-8-10-21(23(27-19)34-6)32-14-7-13-26-32/h7-11,13-14,17-18H,12,15-16H2,1-6H3/t17-,18-/m0/s1. The third kappa shape index (κ3) is 5.52. The summed E-state index contributed by atoms with van der Waals surface area (Å²) in [4.78, 5) is 21.1. The van der Waals surface area contributed by atoms with E-state index in [1.165, 1.54) is 0 Å². The molecule has 10 heteroatoms. The van der Waals surface area contributed by atoms with Crippen molar-refractivity contribution in [3.05, 3.63) is 42.7 Å². The number of nitrogens with zero attached hydrogens (tertiary/aromatic N) is 7. The Morgan fingerprint density at radius 2 is 1.91 bits per heavy atom. The van der Waals surface area contributed by atoms with Crippen molar-refractivity contribution >= 4 is 11.9 Å². The van der Waals surface area contributed by atoms with E-state index in [2.05, 4.69) is 32.1 Å². The zero-order valence-corrected chi connectivity index (χ0v) is 21.2. The minimum Gasteiger partial charge on any atom is -0.479 e. The molecule has 0 unspecified atom stereocenters. The molecule has 1 aliphatic heterocycles. The SMILES string of the molecule is COc1nc(-c2ccc(N(C)[C@H]3CCN(C(=O)OC(C)(C)C)[C@@H](C)C3)nn2)ccc1-n1cccn1. The fourth-order valence-electron chi connectivity index (χ4n) is 4.24. The lowest BCUT2D eigenvalue weighted by molar-refractivity contribution is 0.0104. The quantitative estimate of drug-likeness (QED) is 0.542. The smallest absolute Gasteiger partial charge is 0.410 e. The van der Waals surface area contributed by atoms with E-state index >= 15 is 0 Å². The molecule has 4 heterocycles. The van der Waals surface area contributed by atoms with Gasteiger partial charge in [0.05, 0.1) is 12.8 Å². The summed E-state index contributed by atoms with van der Waals surface area (Å²) in [5, 5.41) is 13.1. The Morgan fingerprint density at radius 3 is 2.51 bits per heavy atom. The first-order chi connectivity index (χ1) is 16.7. The van der Waals surface area contributed by atoms with Crippen LogP contribution in [0, 0.1) is 0 Å². The van der Waals surface area contributed by atoms with Crippen molar-refractivity contribution in [3.8, 4) is 23.0 Å². The second-order valence-electron chi connectivity index (χ2n) is 9.76. The Balaban J connectivity index is 1.43. The average molecular weight is 480 g/mol. The number of pyridine rings is 1. The summed E-state index contributed by atoms with van der Waals surface area (Å²) in [6.45, 7) is 8.36. The van der Waals surface area contributed by atoms with Crippen LogP contribution in [0.5, 0.6) is 5.88 Å². The monoisotopic (exact) mass is 479 g/mol. The average Bonchev–Trinajstić information content (AvgIpc) is 3.37. The number of ether oxygens (including phenoxy) is 2.